The van der Waals surface area contributed by atoms with Crippen molar-refractivity contribution in [2.75, 3.05) is 21.3 Å². The van der Waals surface area contributed by atoms with Gasteiger partial charge in [0.25, 0.3) is 0 Å². The summed E-state index contributed by atoms with van der Waals surface area (Å²) in [7, 11) is 3.61. The molecule has 1 aliphatic rings. The van der Waals surface area contributed by atoms with Gasteiger partial charge in [0.05, 0.1) is 32.5 Å². The molecule has 1 aliphatic heterocycles. The zero-order valence-corrected chi connectivity index (χ0v) is 17.4. The maximum absolute atomic E-state index is 13.0. The number of methoxy groups -OCH3 is 3. The first-order valence-corrected chi connectivity index (χ1v) is 9.01. The standard InChI is InChI=1S/C21H23NO8/c1-11-15(19(24)28-4)17(16(12(2)22-11)20(25)29-5)21(26)30-10-13-7-6-8-14(9-13)18(23)27-3/h6-9,15,17H,10H2,1-5H3/t15?,17-/m0/s1. The van der Waals surface area contributed by atoms with Crippen LogP contribution in [0.1, 0.15) is 29.8 Å². The molecular weight excluding hydrogens is 394 g/mol. The maximum Gasteiger partial charge on any atom is 0.337 e. The molecule has 0 amide bonds. The molecule has 1 unspecified atom stereocenters. The predicted molar refractivity (Wildman–Crippen MR) is 104 cm³/mol. The molecule has 1 heterocycles. The highest BCUT2D eigenvalue weighted by Crippen LogP contribution is 2.33. The van der Waals surface area contributed by atoms with E-state index >= 15 is 0 Å². The number of rotatable bonds is 6. The van der Waals surface area contributed by atoms with E-state index < -0.39 is 35.7 Å². The van der Waals surface area contributed by atoms with Crippen LogP contribution in [0, 0.1) is 11.8 Å². The Morgan fingerprint density at radius 2 is 1.57 bits per heavy atom. The van der Waals surface area contributed by atoms with Crippen molar-refractivity contribution < 1.29 is 38.1 Å². The zero-order chi connectivity index (χ0) is 22.4. The molecule has 1 aromatic carbocycles. The van der Waals surface area contributed by atoms with Gasteiger partial charge in [-0.15, -0.1) is 0 Å². The van der Waals surface area contributed by atoms with E-state index in [9.17, 15) is 19.2 Å². The summed E-state index contributed by atoms with van der Waals surface area (Å²) in [4.78, 5) is 53.5. The minimum Gasteiger partial charge on any atom is -0.468 e. The molecule has 30 heavy (non-hydrogen) atoms. The number of allylic oxidation sites excluding steroid dienone is 1. The summed E-state index contributed by atoms with van der Waals surface area (Å²) < 4.78 is 19.6. The van der Waals surface area contributed by atoms with E-state index in [0.29, 0.717) is 16.8 Å². The second kappa shape index (κ2) is 9.82. The average Bonchev–Trinajstić information content (AvgIpc) is 2.75. The van der Waals surface area contributed by atoms with Gasteiger partial charge in [0.1, 0.15) is 18.4 Å². The molecule has 0 saturated heterocycles. The minimum atomic E-state index is -1.27. The first-order valence-electron chi connectivity index (χ1n) is 9.01. The normalized spacial score (nSPS) is 18.2. The van der Waals surface area contributed by atoms with Crippen LogP contribution in [0.25, 0.3) is 0 Å². The first kappa shape index (κ1) is 22.8. The Bertz CT molecular complexity index is 931. The van der Waals surface area contributed by atoms with Crippen LogP contribution < -0.4 is 0 Å². The quantitative estimate of drug-likeness (QED) is 0.508. The Balaban J connectivity index is 2.33. The van der Waals surface area contributed by atoms with Crippen LogP contribution in [-0.4, -0.2) is 50.9 Å². The highest BCUT2D eigenvalue weighted by Gasteiger charge is 2.46. The van der Waals surface area contributed by atoms with Gasteiger partial charge in [0.15, 0.2) is 0 Å². The number of esters is 4. The Labute approximate surface area is 173 Å². The van der Waals surface area contributed by atoms with E-state index in [1.165, 1.54) is 27.4 Å². The summed E-state index contributed by atoms with van der Waals surface area (Å²) in [6, 6.07) is 6.36. The molecule has 160 valence electrons. The second-order valence-electron chi connectivity index (χ2n) is 6.52. The Morgan fingerprint density at radius 3 is 2.17 bits per heavy atom. The van der Waals surface area contributed by atoms with Gasteiger partial charge < -0.3 is 18.9 Å². The maximum atomic E-state index is 13.0. The van der Waals surface area contributed by atoms with Gasteiger partial charge in [-0.05, 0) is 31.5 Å². The third-order valence-electron chi connectivity index (χ3n) is 4.67. The van der Waals surface area contributed by atoms with Crippen molar-refractivity contribution in [1.82, 2.24) is 0 Å². The molecule has 0 aromatic heterocycles. The zero-order valence-electron chi connectivity index (χ0n) is 17.4. The summed E-state index contributed by atoms with van der Waals surface area (Å²) >= 11 is 0. The van der Waals surface area contributed by atoms with Crippen molar-refractivity contribution in [2.45, 2.75) is 20.5 Å². The molecule has 2 rings (SSSR count). The topological polar surface area (TPSA) is 118 Å². The van der Waals surface area contributed by atoms with Crippen LogP contribution in [-0.2, 0) is 39.9 Å². The first-order chi connectivity index (χ1) is 14.2. The fourth-order valence-electron chi connectivity index (χ4n) is 3.25. The van der Waals surface area contributed by atoms with Gasteiger partial charge in [-0.2, -0.15) is 0 Å². The summed E-state index contributed by atoms with van der Waals surface area (Å²) in [5.41, 5.74) is 1.34. The van der Waals surface area contributed by atoms with Crippen LogP contribution in [0.3, 0.4) is 0 Å². The Kier molecular flexibility index (Phi) is 7.46. The number of ether oxygens (including phenoxy) is 4. The molecule has 0 fully saturated rings. The highest BCUT2D eigenvalue weighted by molar-refractivity contribution is 6.10. The number of carbonyl (C=O) groups excluding carboxylic acids is 4. The largest absolute Gasteiger partial charge is 0.468 e. The van der Waals surface area contributed by atoms with E-state index in [1.54, 1.807) is 32.0 Å². The second-order valence-corrected chi connectivity index (χ2v) is 6.52. The summed E-state index contributed by atoms with van der Waals surface area (Å²) in [5.74, 6) is -5.25. The van der Waals surface area contributed by atoms with E-state index in [4.69, 9.17) is 14.2 Å². The molecule has 0 saturated carbocycles. The minimum absolute atomic E-state index is 0.0631. The summed E-state index contributed by atoms with van der Waals surface area (Å²) in [6.07, 6.45) is 0. The average molecular weight is 417 g/mol. The molecule has 0 spiro atoms. The molecule has 0 N–H and O–H groups in total. The molecule has 1 aromatic rings. The van der Waals surface area contributed by atoms with E-state index in [1.807, 2.05) is 0 Å². The molecule has 2 atom stereocenters. The lowest BCUT2D eigenvalue weighted by molar-refractivity contribution is -0.157. The van der Waals surface area contributed by atoms with Crippen LogP contribution in [0.2, 0.25) is 0 Å². The lowest BCUT2D eigenvalue weighted by Gasteiger charge is -2.29. The number of benzene rings is 1. The smallest absolute Gasteiger partial charge is 0.337 e. The van der Waals surface area contributed by atoms with E-state index in [2.05, 4.69) is 9.73 Å². The van der Waals surface area contributed by atoms with Crippen molar-refractivity contribution >= 4 is 29.6 Å². The molecule has 0 bridgehead atoms. The lowest BCUT2D eigenvalue weighted by Crippen LogP contribution is -2.42. The number of carbonyl (C=O) groups is 4. The van der Waals surface area contributed by atoms with Gasteiger partial charge in [-0.25, -0.2) is 9.59 Å². The van der Waals surface area contributed by atoms with Crippen molar-refractivity contribution in [3.05, 3.63) is 46.7 Å². The Morgan fingerprint density at radius 1 is 0.900 bits per heavy atom. The molecular formula is C21H23NO8. The van der Waals surface area contributed by atoms with Gasteiger partial charge in [0, 0.05) is 11.4 Å². The van der Waals surface area contributed by atoms with Crippen molar-refractivity contribution in [3.8, 4) is 0 Å². The fraction of sp³-hybridized carbons (Fsp3) is 0.381. The van der Waals surface area contributed by atoms with Crippen LogP contribution in [0.15, 0.2) is 40.5 Å². The molecule has 9 heteroatoms. The number of hydrogen-bond acceptors (Lipinski definition) is 9. The predicted octanol–water partition coefficient (Wildman–Crippen LogP) is 1.84. The van der Waals surface area contributed by atoms with Crippen molar-refractivity contribution in [1.29, 1.82) is 0 Å². The van der Waals surface area contributed by atoms with E-state index in [-0.39, 0.29) is 17.9 Å². The van der Waals surface area contributed by atoms with Gasteiger partial charge >= 0.3 is 23.9 Å². The lowest BCUT2D eigenvalue weighted by atomic mass is 9.80. The van der Waals surface area contributed by atoms with Gasteiger partial charge in [-0.1, -0.05) is 12.1 Å². The SMILES string of the molecule is COC(=O)C1=C(C)N=C(C)C(C(=O)OC)[C@@H]1C(=O)OCc1cccc(C(=O)OC)c1. The van der Waals surface area contributed by atoms with Crippen molar-refractivity contribution in [2.24, 2.45) is 16.8 Å². The third kappa shape index (κ3) is 4.73. The molecule has 0 aliphatic carbocycles. The Hall–Kier alpha value is -3.49. The number of hydrogen-bond donors (Lipinski definition) is 0. The van der Waals surface area contributed by atoms with Crippen LogP contribution >= 0.6 is 0 Å². The molecule has 0 radical (unpaired) electrons. The van der Waals surface area contributed by atoms with Crippen molar-refractivity contribution in [3.63, 3.8) is 0 Å². The van der Waals surface area contributed by atoms with Crippen LogP contribution in [0.5, 0.6) is 0 Å². The van der Waals surface area contributed by atoms with Gasteiger partial charge in [-0.3, -0.25) is 14.6 Å². The van der Waals surface area contributed by atoms with Crippen LogP contribution in [0.4, 0.5) is 0 Å². The number of nitrogens with zero attached hydrogens (tertiary/aromatic N) is 1. The fourth-order valence-corrected chi connectivity index (χ4v) is 3.25. The summed E-state index contributed by atoms with van der Waals surface area (Å²) in [6.45, 7) is 2.93. The summed E-state index contributed by atoms with van der Waals surface area (Å²) in [5, 5.41) is 0. The third-order valence-corrected chi connectivity index (χ3v) is 4.67. The van der Waals surface area contributed by atoms with E-state index in [0.717, 1.165) is 0 Å². The monoisotopic (exact) mass is 417 g/mol. The highest BCUT2D eigenvalue weighted by atomic mass is 16.5. The molecule has 9 nitrogen and oxygen atoms in total. The van der Waals surface area contributed by atoms with Gasteiger partial charge in [0.2, 0.25) is 0 Å². The number of aliphatic imine (C=N–C) groups is 1.